The number of hydrogen-bond acceptors (Lipinski definition) is 4. The van der Waals surface area contributed by atoms with Crippen molar-refractivity contribution in [1.82, 2.24) is 14.5 Å². The maximum Gasteiger partial charge on any atom is 0.163 e. The van der Waals surface area contributed by atoms with E-state index in [0.717, 1.165) is 64.9 Å². The SMILES string of the molecule is CCCOc1cc2nc3c4ccccc4n(CCC)c3nc2cc1OCCC. The van der Waals surface area contributed by atoms with Crippen molar-refractivity contribution in [3.8, 4) is 11.5 Å². The summed E-state index contributed by atoms with van der Waals surface area (Å²) in [4.78, 5) is 9.97. The van der Waals surface area contributed by atoms with Gasteiger partial charge in [0.2, 0.25) is 0 Å². The van der Waals surface area contributed by atoms with Crippen molar-refractivity contribution < 1.29 is 9.47 Å². The molecule has 0 radical (unpaired) electrons. The molecule has 0 spiro atoms. The van der Waals surface area contributed by atoms with Gasteiger partial charge in [-0.3, -0.25) is 0 Å². The fraction of sp³-hybridized carbons (Fsp3) is 0.391. The van der Waals surface area contributed by atoms with E-state index in [4.69, 9.17) is 19.4 Å². The number of aromatic nitrogens is 3. The monoisotopic (exact) mass is 377 g/mol. The summed E-state index contributed by atoms with van der Waals surface area (Å²) in [6.07, 6.45) is 2.93. The lowest BCUT2D eigenvalue weighted by molar-refractivity contribution is 0.269. The molecule has 0 unspecified atom stereocenters. The van der Waals surface area contributed by atoms with Crippen molar-refractivity contribution in [2.24, 2.45) is 0 Å². The fourth-order valence-corrected chi connectivity index (χ4v) is 3.55. The van der Waals surface area contributed by atoms with Crippen molar-refractivity contribution in [1.29, 1.82) is 0 Å². The predicted molar refractivity (Wildman–Crippen MR) is 114 cm³/mol. The molecule has 0 aliphatic carbocycles. The van der Waals surface area contributed by atoms with Crippen LogP contribution in [0.3, 0.4) is 0 Å². The molecular weight excluding hydrogens is 350 g/mol. The smallest absolute Gasteiger partial charge is 0.163 e. The largest absolute Gasteiger partial charge is 0.490 e. The highest BCUT2D eigenvalue weighted by Crippen LogP contribution is 2.34. The Morgan fingerprint density at radius 1 is 0.821 bits per heavy atom. The second-order valence-electron chi connectivity index (χ2n) is 7.05. The maximum atomic E-state index is 5.94. The molecule has 2 heterocycles. The number of fused-ring (bicyclic) bond motifs is 4. The molecule has 0 amide bonds. The summed E-state index contributed by atoms with van der Waals surface area (Å²) < 4.78 is 14.1. The van der Waals surface area contributed by atoms with Crippen LogP contribution in [-0.4, -0.2) is 27.7 Å². The van der Waals surface area contributed by atoms with Gasteiger partial charge in [-0.15, -0.1) is 0 Å². The van der Waals surface area contributed by atoms with Crippen LogP contribution in [-0.2, 0) is 6.54 Å². The standard InChI is InChI=1S/C23H27N3O2/c1-4-11-26-19-10-8-7-9-16(19)22-23(26)25-18-15-21(28-13-6-3)20(27-12-5-2)14-17(18)24-22/h7-10,14-15H,4-6,11-13H2,1-3H3. The van der Waals surface area contributed by atoms with Crippen LogP contribution in [0.1, 0.15) is 40.0 Å². The normalized spacial score (nSPS) is 11.5. The van der Waals surface area contributed by atoms with Gasteiger partial charge in [0, 0.05) is 24.1 Å². The molecule has 0 fully saturated rings. The van der Waals surface area contributed by atoms with E-state index in [2.05, 4.69) is 49.6 Å². The van der Waals surface area contributed by atoms with E-state index in [0.29, 0.717) is 13.2 Å². The minimum Gasteiger partial charge on any atom is -0.490 e. The van der Waals surface area contributed by atoms with Crippen molar-refractivity contribution in [2.75, 3.05) is 13.2 Å². The van der Waals surface area contributed by atoms with E-state index in [1.54, 1.807) is 0 Å². The minimum atomic E-state index is 0.652. The molecule has 28 heavy (non-hydrogen) atoms. The predicted octanol–water partition coefficient (Wildman–Crippen LogP) is 5.73. The Hall–Kier alpha value is -2.82. The van der Waals surface area contributed by atoms with Crippen LogP contribution in [0.2, 0.25) is 0 Å². The summed E-state index contributed by atoms with van der Waals surface area (Å²) in [5.74, 6) is 1.49. The Labute approximate surface area is 165 Å². The van der Waals surface area contributed by atoms with Gasteiger partial charge in [-0.2, -0.15) is 0 Å². The van der Waals surface area contributed by atoms with E-state index in [-0.39, 0.29) is 0 Å². The first-order valence-corrected chi connectivity index (χ1v) is 10.2. The quantitative estimate of drug-likeness (QED) is 0.394. The highest BCUT2D eigenvalue weighted by atomic mass is 16.5. The lowest BCUT2D eigenvalue weighted by Crippen LogP contribution is -2.02. The first-order chi connectivity index (χ1) is 13.8. The molecule has 4 rings (SSSR count). The number of para-hydroxylation sites is 1. The Kier molecular flexibility index (Phi) is 5.33. The topological polar surface area (TPSA) is 49.2 Å². The van der Waals surface area contributed by atoms with Crippen molar-refractivity contribution in [2.45, 2.75) is 46.6 Å². The van der Waals surface area contributed by atoms with Gasteiger partial charge in [0.25, 0.3) is 0 Å². The number of hydrogen-bond donors (Lipinski definition) is 0. The van der Waals surface area contributed by atoms with E-state index >= 15 is 0 Å². The summed E-state index contributed by atoms with van der Waals surface area (Å²) in [6, 6.07) is 12.3. The number of nitrogens with zero attached hydrogens (tertiary/aromatic N) is 3. The number of aryl methyl sites for hydroxylation is 1. The molecule has 5 heteroatoms. The van der Waals surface area contributed by atoms with Crippen molar-refractivity contribution in [3.63, 3.8) is 0 Å². The zero-order valence-electron chi connectivity index (χ0n) is 16.9. The Morgan fingerprint density at radius 2 is 1.46 bits per heavy atom. The van der Waals surface area contributed by atoms with E-state index < -0.39 is 0 Å². The fourth-order valence-electron chi connectivity index (χ4n) is 3.55. The van der Waals surface area contributed by atoms with Crippen LogP contribution in [0.25, 0.3) is 33.1 Å². The highest BCUT2D eigenvalue weighted by Gasteiger charge is 2.16. The highest BCUT2D eigenvalue weighted by molar-refractivity contribution is 6.06. The molecule has 146 valence electrons. The van der Waals surface area contributed by atoms with Gasteiger partial charge in [0.1, 0.15) is 5.52 Å². The summed E-state index contributed by atoms with van der Waals surface area (Å²) in [5.41, 5.74) is 4.73. The Bertz CT molecular complexity index is 1120. The number of rotatable bonds is 8. The number of ether oxygens (including phenoxy) is 2. The molecule has 0 aliphatic rings. The van der Waals surface area contributed by atoms with Gasteiger partial charge >= 0.3 is 0 Å². The summed E-state index contributed by atoms with van der Waals surface area (Å²) in [6.45, 7) is 8.60. The lowest BCUT2D eigenvalue weighted by Gasteiger charge is -2.13. The Balaban J connectivity index is 1.95. The molecule has 2 aromatic carbocycles. The first kappa shape index (κ1) is 18.5. The summed E-state index contributed by atoms with van der Waals surface area (Å²) in [7, 11) is 0. The summed E-state index contributed by atoms with van der Waals surface area (Å²) in [5, 5.41) is 1.14. The number of benzene rings is 2. The van der Waals surface area contributed by atoms with Crippen molar-refractivity contribution in [3.05, 3.63) is 36.4 Å². The third-order valence-corrected chi connectivity index (χ3v) is 4.79. The van der Waals surface area contributed by atoms with E-state index in [1.807, 2.05) is 12.1 Å². The minimum absolute atomic E-state index is 0.652. The molecule has 0 N–H and O–H groups in total. The second kappa shape index (κ2) is 8.05. The van der Waals surface area contributed by atoms with Crippen LogP contribution in [0, 0.1) is 0 Å². The second-order valence-corrected chi connectivity index (χ2v) is 7.05. The van der Waals surface area contributed by atoms with Gasteiger partial charge in [-0.05, 0) is 25.3 Å². The first-order valence-electron chi connectivity index (χ1n) is 10.2. The average molecular weight is 377 g/mol. The molecule has 5 nitrogen and oxygen atoms in total. The van der Waals surface area contributed by atoms with Gasteiger partial charge in [0.15, 0.2) is 17.1 Å². The molecule has 0 saturated heterocycles. The molecule has 0 aliphatic heterocycles. The summed E-state index contributed by atoms with van der Waals surface area (Å²) >= 11 is 0. The molecule has 4 aromatic rings. The van der Waals surface area contributed by atoms with Crippen LogP contribution >= 0.6 is 0 Å². The van der Waals surface area contributed by atoms with Gasteiger partial charge in [-0.1, -0.05) is 39.0 Å². The molecule has 2 aromatic heterocycles. The van der Waals surface area contributed by atoms with E-state index in [9.17, 15) is 0 Å². The maximum absolute atomic E-state index is 5.94. The third kappa shape index (κ3) is 3.26. The van der Waals surface area contributed by atoms with E-state index in [1.165, 1.54) is 5.52 Å². The van der Waals surface area contributed by atoms with Gasteiger partial charge in [-0.25, -0.2) is 9.97 Å². The van der Waals surface area contributed by atoms with Crippen molar-refractivity contribution >= 4 is 33.1 Å². The molecule has 0 saturated carbocycles. The Morgan fingerprint density at radius 3 is 2.11 bits per heavy atom. The molecular formula is C23H27N3O2. The van der Waals surface area contributed by atoms with Crippen LogP contribution < -0.4 is 9.47 Å². The third-order valence-electron chi connectivity index (χ3n) is 4.79. The molecule has 0 atom stereocenters. The van der Waals surface area contributed by atoms with Gasteiger partial charge in [0.05, 0.1) is 29.8 Å². The van der Waals surface area contributed by atoms with Crippen LogP contribution in [0.4, 0.5) is 0 Å². The zero-order valence-corrected chi connectivity index (χ0v) is 16.9. The zero-order chi connectivity index (χ0) is 19.5. The average Bonchev–Trinajstić information content (AvgIpc) is 3.02. The lowest BCUT2D eigenvalue weighted by atomic mass is 10.2. The molecule has 0 bridgehead atoms. The van der Waals surface area contributed by atoms with Gasteiger partial charge < -0.3 is 14.0 Å². The van der Waals surface area contributed by atoms with Crippen LogP contribution in [0.5, 0.6) is 11.5 Å². The van der Waals surface area contributed by atoms with Crippen LogP contribution in [0.15, 0.2) is 36.4 Å².